The van der Waals surface area contributed by atoms with Gasteiger partial charge >= 0.3 is 5.97 Å². The summed E-state index contributed by atoms with van der Waals surface area (Å²) in [4.78, 5) is 10.6. The van der Waals surface area contributed by atoms with Gasteiger partial charge in [-0.3, -0.25) is 4.79 Å². The summed E-state index contributed by atoms with van der Waals surface area (Å²) < 4.78 is 10.4. The summed E-state index contributed by atoms with van der Waals surface area (Å²) in [5.41, 5.74) is 1.08. The second-order valence-electron chi connectivity index (χ2n) is 4.32. The fraction of sp³-hybridized carbons (Fsp3) is 0.400. The molecule has 19 heavy (non-hydrogen) atoms. The van der Waals surface area contributed by atoms with Gasteiger partial charge in [0.25, 0.3) is 0 Å². The van der Waals surface area contributed by atoms with Crippen LogP contribution in [0.4, 0.5) is 0 Å². The Labute approximate surface area is 113 Å². The number of hydrogen-bond donors (Lipinski definition) is 1. The summed E-state index contributed by atoms with van der Waals surface area (Å²) >= 11 is 0. The maximum absolute atomic E-state index is 10.6. The maximum atomic E-state index is 10.6. The number of allylic oxidation sites excluding steroid dienone is 1. The largest absolute Gasteiger partial charge is 0.493 e. The molecule has 1 N–H and O–H groups in total. The quantitative estimate of drug-likeness (QED) is 0.733. The van der Waals surface area contributed by atoms with Gasteiger partial charge < -0.3 is 14.6 Å². The van der Waals surface area contributed by atoms with Crippen molar-refractivity contribution in [3.05, 3.63) is 36.4 Å². The molecule has 1 aromatic rings. The molecular formula is C15H20O4. The predicted molar refractivity (Wildman–Crippen MR) is 73.8 cm³/mol. The molecule has 4 heteroatoms. The molecule has 0 amide bonds. The first-order chi connectivity index (χ1) is 9.10. The van der Waals surface area contributed by atoms with Gasteiger partial charge in [-0.25, -0.2) is 0 Å². The van der Waals surface area contributed by atoms with Crippen molar-refractivity contribution in [2.75, 3.05) is 14.2 Å². The number of benzene rings is 1. The van der Waals surface area contributed by atoms with Crippen LogP contribution in [0.5, 0.6) is 11.5 Å². The molecule has 0 saturated carbocycles. The Balaban J connectivity index is 2.74. The highest BCUT2D eigenvalue weighted by Gasteiger charge is 2.10. The summed E-state index contributed by atoms with van der Waals surface area (Å²) in [5.74, 6) is 0.737. The van der Waals surface area contributed by atoms with Crippen molar-refractivity contribution in [3.8, 4) is 11.5 Å². The van der Waals surface area contributed by atoms with Crippen LogP contribution >= 0.6 is 0 Å². The van der Waals surface area contributed by atoms with Crippen molar-refractivity contribution in [2.45, 2.75) is 19.3 Å². The summed E-state index contributed by atoms with van der Waals surface area (Å²) in [6, 6.07) is 5.72. The Bertz CT molecular complexity index is 440. The third-order valence-corrected chi connectivity index (χ3v) is 3.01. The molecule has 0 fully saturated rings. The van der Waals surface area contributed by atoms with Gasteiger partial charge in [0.05, 0.1) is 14.2 Å². The number of methoxy groups -OCH3 is 2. The molecule has 0 radical (unpaired) electrons. The molecule has 0 aliphatic heterocycles. The number of rotatable bonds is 8. The smallest absolute Gasteiger partial charge is 0.303 e. The van der Waals surface area contributed by atoms with E-state index >= 15 is 0 Å². The number of carboxylic acids is 1. The highest BCUT2D eigenvalue weighted by Crippen LogP contribution is 2.29. The Kier molecular flexibility index (Phi) is 5.93. The molecular weight excluding hydrogens is 244 g/mol. The second-order valence-corrected chi connectivity index (χ2v) is 4.32. The molecule has 104 valence electrons. The Morgan fingerprint density at radius 2 is 2.05 bits per heavy atom. The minimum Gasteiger partial charge on any atom is -0.493 e. The highest BCUT2D eigenvalue weighted by molar-refractivity contribution is 5.66. The molecule has 0 aliphatic rings. The minimum atomic E-state index is -0.779. The number of ether oxygens (including phenoxy) is 2. The molecule has 0 aliphatic carbocycles. The van der Waals surface area contributed by atoms with E-state index < -0.39 is 5.97 Å². The molecule has 1 unspecified atom stereocenters. The summed E-state index contributed by atoms with van der Waals surface area (Å²) in [5, 5.41) is 8.70. The van der Waals surface area contributed by atoms with E-state index in [0.717, 1.165) is 12.0 Å². The Hall–Kier alpha value is -1.97. The summed E-state index contributed by atoms with van der Waals surface area (Å²) in [7, 11) is 3.19. The van der Waals surface area contributed by atoms with Crippen LogP contribution in [0.1, 0.15) is 18.4 Å². The highest BCUT2D eigenvalue weighted by atomic mass is 16.5. The van der Waals surface area contributed by atoms with Crippen molar-refractivity contribution in [3.63, 3.8) is 0 Å². The van der Waals surface area contributed by atoms with Crippen LogP contribution in [0.2, 0.25) is 0 Å². The standard InChI is InChI=1S/C15H20O4/c1-4-11(6-8-15(16)17)9-12-5-7-13(18-2)14(10-12)19-3/h4-5,7,10-11H,1,6,8-9H2,2-3H3,(H,16,17). The normalized spacial score (nSPS) is 11.7. The van der Waals surface area contributed by atoms with E-state index in [1.807, 2.05) is 18.2 Å². The summed E-state index contributed by atoms with van der Waals surface area (Å²) in [6.07, 6.45) is 3.30. The van der Waals surface area contributed by atoms with Crippen LogP contribution in [-0.2, 0) is 11.2 Å². The van der Waals surface area contributed by atoms with Crippen molar-refractivity contribution < 1.29 is 19.4 Å². The van der Waals surface area contributed by atoms with Gasteiger partial charge in [-0.1, -0.05) is 12.1 Å². The van der Waals surface area contributed by atoms with E-state index in [9.17, 15) is 4.79 Å². The molecule has 0 bridgehead atoms. The fourth-order valence-electron chi connectivity index (χ4n) is 1.92. The van der Waals surface area contributed by atoms with Gasteiger partial charge in [0, 0.05) is 6.42 Å². The first-order valence-corrected chi connectivity index (χ1v) is 6.16. The lowest BCUT2D eigenvalue weighted by atomic mass is 9.94. The third kappa shape index (κ3) is 4.66. The van der Waals surface area contributed by atoms with Crippen molar-refractivity contribution >= 4 is 5.97 Å². The zero-order valence-electron chi connectivity index (χ0n) is 11.4. The number of aliphatic carboxylic acids is 1. The van der Waals surface area contributed by atoms with Crippen LogP contribution in [0.3, 0.4) is 0 Å². The first-order valence-electron chi connectivity index (χ1n) is 6.16. The molecule has 1 rings (SSSR count). The SMILES string of the molecule is C=CC(CCC(=O)O)Cc1ccc(OC)c(OC)c1. The van der Waals surface area contributed by atoms with Crippen molar-refractivity contribution in [1.82, 2.24) is 0 Å². The number of carboxylic acid groups (broad SMARTS) is 1. The minimum absolute atomic E-state index is 0.147. The predicted octanol–water partition coefficient (Wildman–Crippen LogP) is 2.91. The molecule has 0 saturated heterocycles. The second kappa shape index (κ2) is 7.46. The van der Waals surface area contributed by atoms with E-state index in [0.29, 0.717) is 17.9 Å². The zero-order chi connectivity index (χ0) is 14.3. The van der Waals surface area contributed by atoms with Crippen LogP contribution in [0.25, 0.3) is 0 Å². The number of hydrogen-bond acceptors (Lipinski definition) is 3. The molecule has 1 atom stereocenters. The van der Waals surface area contributed by atoms with E-state index in [4.69, 9.17) is 14.6 Å². The van der Waals surface area contributed by atoms with Gasteiger partial charge in [0.1, 0.15) is 0 Å². The lowest BCUT2D eigenvalue weighted by molar-refractivity contribution is -0.137. The lowest BCUT2D eigenvalue weighted by Crippen LogP contribution is -2.05. The van der Waals surface area contributed by atoms with E-state index in [-0.39, 0.29) is 12.3 Å². The maximum Gasteiger partial charge on any atom is 0.303 e. The Morgan fingerprint density at radius 1 is 1.37 bits per heavy atom. The van der Waals surface area contributed by atoms with Crippen LogP contribution in [-0.4, -0.2) is 25.3 Å². The van der Waals surface area contributed by atoms with Gasteiger partial charge in [-0.15, -0.1) is 6.58 Å². The zero-order valence-corrected chi connectivity index (χ0v) is 11.4. The van der Waals surface area contributed by atoms with Gasteiger partial charge in [0.15, 0.2) is 11.5 Å². The van der Waals surface area contributed by atoms with Crippen LogP contribution in [0.15, 0.2) is 30.9 Å². The summed E-state index contributed by atoms with van der Waals surface area (Å²) in [6.45, 7) is 3.76. The van der Waals surface area contributed by atoms with E-state index in [1.165, 1.54) is 0 Å². The van der Waals surface area contributed by atoms with E-state index in [2.05, 4.69) is 6.58 Å². The Morgan fingerprint density at radius 3 is 2.58 bits per heavy atom. The van der Waals surface area contributed by atoms with Crippen LogP contribution in [0, 0.1) is 5.92 Å². The lowest BCUT2D eigenvalue weighted by Gasteiger charge is -2.13. The van der Waals surface area contributed by atoms with E-state index in [1.54, 1.807) is 20.3 Å². The van der Waals surface area contributed by atoms with Gasteiger partial charge in [0.2, 0.25) is 0 Å². The van der Waals surface area contributed by atoms with Gasteiger partial charge in [-0.05, 0) is 36.5 Å². The number of carbonyl (C=O) groups is 1. The molecule has 0 aromatic heterocycles. The topological polar surface area (TPSA) is 55.8 Å². The fourth-order valence-corrected chi connectivity index (χ4v) is 1.92. The average molecular weight is 264 g/mol. The third-order valence-electron chi connectivity index (χ3n) is 3.01. The molecule has 4 nitrogen and oxygen atoms in total. The first kappa shape index (κ1) is 15.1. The van der Waals surface area contributed by atoms with Crippen molar-refractivity contribution in [1.29, 1.82) is 0 Å². The van der Waals surface area contributed by atoms with Gasteiger partial charge in [-0.2, -0.15) is 0 Å². The van der Waals surface area contributed by atoms with Crippen molar-refractivity contribution in [2.24, 2.45) is 5.92 Å². The van der Waals surface area contributed by atoms with Crippen LogP contribution < -0.4 is 9.47 Å². The average Bonchev–Trinajstić information content (AvgIpc) is 2.42. The molecule has 0 heterocycles. The molecule has 0 spiro atoms. The molecule has 1 aromatic carbocycles. The monoisotopic (exact) mass is 264 g/mol.